The lowest BCUT2D eigenvalue weighted by molar-refractivity contribution is -0.0978. The molecule has 0 aromatic rings. The first-order chi connectivity index (χ1) is 4.30. The highest BCUT2D eigenvalue weighted by molar-refractivity contribution is 7.99. The van der Waals surface area contributed by atoms with Gasteiger partial charge in [-0.05, 0) is 18.6 Å². The minimum Gasteiger partial charge on any atom is -0.314 e. The molecule has 9 heavy (non-hydrogen) atoms. The van der Waals surface area contributed by atoms with Crippen LogP contribution in [0, 0.1) is 0 Å². The molecule has 0 aromatic carbocycles. The summed E-state index contributed by atoms with van der Waals surface area (Å²) in [7, 11) is 1.73. The molecule has 0 amide bonds. The molecule has 1 aliphatic rings. The largest absolute Gasteiger partial charge is 0.314 e. The van der Waals surface area contributed by atoms with Crippen molar-refractivity contribution in [3.8, 4) is 0 Å². The summed E-state index contributed by atoms with van der Waals surface area (Å²) in [5.74, 6) is 2.36. The number of nitrogens with zero attached hydrogens (tertiary/aromatic N) is 1. The van der Waals surface area contributed by atoms with Crippen LogP contribution in [0.5, 0.6) is 0 Å². The first-order valence-corrected chi connectivity index (χ1v) is 4.45. The number of hydrogen-bond donors (Lipinski definition) is 1. The third-order valence-electron chi connectivity index (χ3n) is 1.66. The van der Waals surface area contributed by atoms with E-state index < -0.39 is 0 Å². The Balaban J connectivity index is 2.23. The summed E-state index contributed by atoms with van der Waals surface area (Å²) < 4.78 is 0. The van der Waals surface area contributed by atoms with Gasteiger partial charge in [0.25, 0.3) is 0 Å². The lowest BCUT2D eigenvalue weighted by Crippen LogP contribution is -2.32. The SMILES string of the molecule is CN(O)C1CCCSC1. The Kier molecular flexibility index (Phi) is 2.82. The van der Waals surface area contributed by atoms with Gasteiger partial charge in [0.1, 0.15) is 0 Å². The average molecular weight is 147 g/mol. The van der Waals surface area contributed by atoms with Crippen molar-refractivity contribution in [3.63, 3.8) is 0 Å². The van der Waals surface area contributed by atoms with E-state index in [1.807, 2.05) is 11.8 Å². The molecule has 0 bridgehead atoms. The van der Waals surface area contributed by atoms with E-state index in [9.17, 15) is 0 Å². The number of thioether (sulfide) groups is 1. The van der Waals surface area contributed by atoms with Crippen molar-refractivity contribution in [2.45, 2.75) is 18.9 Å². The number of hydroxylamine groups is 2. The zero-order chi connectivity index (χ0) is 6.69. The smallest absolute Gasteiger partial charge is 0.0437 e. The Labute approximate surface area is 60.2 Å². The summed E-state index contributed by atoms with van der Waals surface area (Å²) in [4.78, 5) is 0. The van der Waals surface area contributed by atoms with Crippen LogP contribution < -0.4 is 0 Å². The molecule has 54 valence electrons. The van der Waals surface area contributed by atoms with E-state index in [-0.39, 0.29) is 0 Å². The normalized spacial score (nSPS) is 29.0. The predicted octanol–water partition coefficient (Wildman–Crippen LogP) is 1.20. The molecule has 0 aromatic heterocycles. The van der Waals surface area contributed by atoms with Crippen LogP contribution in [0.4, 0.5) is 0 Å². The zero-order valence-corrected chi connectivity index (χ0v) is 6.52. The molecule has 0 radical (unpaired) electrons. The molecule has 1 aliphatic heterocycles. The van der Waals surface area contributed by atoms with E-state index in [4.69, 9.17) is 5.21 Å². The average Bonchev–Trinajstić information content (AvgIpc) is 1.90. The van der Waals surface area contributed by atoms with E-state index in [1.165, 1.54) is 17.2 Å². The van der Waals surface area contributed by atoms with Gasteiger partial charge in [-0.15, -0.1) is 0 Å². The second-order valence-corrected chi connectivity index (χ2v) is 3.59. The zero-order valence-electron chi connectivity index (χ0n) is 5.71. The van der Waals surface area contributed by atoms with Crippen LogP contribution >= 0.6 is 11.8 Å². The first kappa shape index (κ1) is 7.38. The van der Waals surface area contributed by atoms with E-state index in [0.29, 0.717) is 6.04 Å². The van der Waals surface area contributed by atoms with Gasteiger partial charge in [-0.1, -0.05) is 0 Å². The van der Waals surface area contributed by atoms with Gasteiger partial charge in [-0.3, -0.25) is 0 Å². The highest BCUT2D eigenvalue weighted by atomic mass is 32.2. The molecule has 1 heterocycles. The molecular formula is C6H13NOS. The van der Waals surface area contributed by atoms with Gasteiger partial charge in [0, 0.05) is 18.8 Å². The van der Waals surface area contributed by atoms with Gasteiger partial charge in [0.05, 0.1) is 0 Å². The standard InChI is InChI=1S/C6H13NOS/c1-7(8)6-3-2-4-9-5-6/h6,8H,2-5H2,1H3. The van der Waals surface area contributed by atoms with Crippen molar-refractivity contribution in [2.75, 3.05) is 18.6 Å². The first-order valence-electron chi connectivity index (χ1n) is 3.30. The molecule has 1 rings (SSSR count). The quantitative estimate of drug-likeness (QED) is 0.564. The molecule has 1 unspecified atom stereocenters. The minimum absolute atomic E-state index is 0.406. The van der Waals surface area contributed by atoms with Gasteiger partial charge < -0.3 is 5.21 Å². The maximum Gasteiger partial charge on any atom is 0.0437 e. The Morgan fingerprint density at radius 2 is 2.44 bits per heavy atom. The van der Waals surface area contributed by atoms with Gasteiger partial charge in [-0.25, -0.2) is 0 Å². The van der Waals surface area contributed by atoms with Crippen LogP contribution in [-0.2, 0) is 0 Å². The fourth-order valence-electron chi connectivity index (χ4n) is 1.02. The molecule has 1 saturated heterocycles. The van der Waals surface area contributed by atoms with Crippen molar-refractivity contribution in [1.82, 2.24) is 5.06 Å². The molecule has 3 heteroatoms. The number of hydrogen-bond acceptors (Lipinski definition) is 3. The molecule has 0 spiro atoms. The van der Waals surface area contributed by atoms with Gasteiger partial charge >= 0.3 is 0 Å². The number of rotatable bonds is 1. The lowest BCUT2D eigenvalue weighted by atomic mass is 10.2. The fourth-order valence-corrected chi connectivity index (χ4v) is 2.21. The van der Waals surface area contributed by atoms with E-state index in [1.54, 1.807) is 7.05 Å². The van der Waals surface area contributed by atoms with Crippen LogP contribution in [0.15, 0.2) is 0 Å². The Morgan fingerprint density at radius 3 is 2.78 bits per heavy atom. The van der Waals surface area contributed by atoms with E-state index in [0.717, 1.165) is 12.2 Å². The molecular weight excluding hydrogens is 134 g/mol. The van der Waals surface area contributed by atoms with Crippen molar-refractivity contribution < 1.29 is 5.21 Å². The van der Waals surface area contributed by atoms with Crippen molar-refractivity contribution in [2.24, 2.45) is 0 Å². The molecule has 1 fully saturated rings. The third kappa shape index (κ3) is 2.16. The summed E-state index contributed by atoms with van der Waals surface area (Å²) in [5.41, 5.74) is 0. The Bertz CT molecular complexity index is 81.1. The molecule has 1 atom stereocenters. The van der Waals surface area contributed by atoms with Gasteiger partial charge in [0.2, 0.25) is 0 Å². The topological polar surface area (TPSA) is 23.5 Å². The van der Waals surface area contributed by atoms with Crippen molar-refractivity contribution in [3.05, 3.63) is 0 Å². The molecule has 1 N–H and O–H groups in total. The summed E-state index contributed by atoms with van der Waals surface area (Å²) >= 11 is 1.93. The van der Waals surface area contributed by atoms with Crippen LogP contribution in [0.3, 0.4) is 0 Å². The van der Waals surface area contributed by atoms with Crippen molar-refractivity contribution >= 4 is 11.8 Å². The Hall–Kier alpha value is 0.270. The van der Waals surface area contributed by atoms with Crippen LogP contribution in [0.2, 0.25) is 0 Å². The summed E-state index contributed by atoms with van der Waals surface area (Å²) in [5, 5.41) is 10.3. The van der Waals surface area contributed by atoms with E-state index in [2.05, 4.69) is 0 Å². The Morgan fingerprint density at radius 1 is 1.67 bits per heavy atom. The third-order valence-corrected chi connectivity index (χ3v) is 2.86. The highest BCUT2D eigenvalue weighted by Gasteiger charge is 2.15. The monoisotopic (exact) mass is 147 g/mol. The highest BCUT2D eigenvalue weighted by Crippen LogP contribution is 2.19. The maximum atomic E-state index is 9.00. The second kappa shape index (κ2) is 3.44. The fraction of sp³-hybridized carbons (Fsp3) is 1.00. The maximum absolute atomic E-state index is 9.00. The second-order valence-electron chi connectivity index (χ2n) is 2.44. The summed E-state index contributed by atoms with van der Waals surface area (Å²) in [6, 6.07) is 0.406. The van der Waals surface area contributed by atoms with Crippen LogP contribution in [0.1, 0.15) is 12.8 Å². The van der Waals surface area contributed by atoms with Gasteiger partial charge in [-0.2, -0.15) is 16.8 Å². The lowest BCUT2D eigenvalue weighted by Gasteiger charge is -2.25. The van der Waals surface area contributed by atoms with Crippen molar-refractivity contribution in [1.29, 1.82) is 0 Å². The van der Waals surface area contributed by atoms with Gasteiger partial charge in [0.15, 0.2) is 0 Å². The predicted molar refractivity (Wildman–Crippen MR) is 39.9 cm³/mol. The molecule has 2 nitrogen and oxygen atoms in total. The molecule has 0 saturated carbocycles. The minimum atomic E-state index is 0.406. The van der Waals surface area contributed by atoms with E-state index >= 15 is 0 Å². The summed E-state index contributed by atoms with van der Waals surface area (Å²) in [6.07, 6.45) is 2.40. The summed E-state index contributed by atoms with van der Waals surface area (Å²) in [6.45, 7) is 0. The van der Waals surface area contributed by atoms with Crippen LogP contribution in [0.25, 0.3) is 0 Å². The molecule has 0 aliphatic carbocycles. The van der Waals surface area contributed by atoms with Crippen LogP contribution in [-0.4, -0.2) is 34.9 Å².